The summed E-state index contributed by atoms with van der Waals surface area (Å²) < 4.78 is 18.2. The highest BCUT2D eigenvalue weighted by Crippen LogP contribution is 2.31. The zero-order valence-corrected chi connectivity index (χ0v) is 7.87. The van der Waals surface area contributed by atoms with Crippen LogP contribution in [0.2, 0.25) is 0 Å². The third-order valence-electron chi connectivity index (χ3n) is 2.28. The topological polar surface area (TPSA) is 38.5 Å². The van der Waals surface area contributed by atoms with Gasteiger partial charge in [0.2, 0.25) is 0 Å². The second kappa shape index (κ2) is 3.84. The van der Waals surface area contributed by atoms with E-state index in [0.29, 0.717) is 18.9 Å². The number of nitrogens with two attached hydrogens (primary N) is 1. The fourth-order valence-electron chi connectivity index (χ4n) is 1.64. The van der Waals surface area contributed by atoms with Crippen molar-refractivity contribution in [2.45, 2.75) is 0 Å². The molecule has 14 heavy (non-hydrogen) atoms. The van der Waals surface area contributed by atoms with Crippen molar-refractivity contribution < 1.29 is 9.13 Å². The summed E-state index contributed by atoms with van der Waals surface area (Å²) in [5.41, 5.74) is 6.42. The first-order valence-corrected chi connectivity index (χ1v) is 4.68. The monoisotopic (exact) mass is 196 g/mol. The largest absolute Gasteiger partial charge is 0.489 e. The maximum Gasteiger partial charge on any atom is 0.145 e. The Morgan fingerprint density at radius 2 is 2.36 bits per heavy atom. The lowest BCUT2D eigenvalue weighted by atomic mass is 10.2. The van der Waals surface area contributed by atoms with Crippen LogP contribution in [0.1, 0.15) is 0 Å². The first kappa shape index (κ1) is 9.27. The Morgan fingerprint density at radius 1 is 1.50 bits per heavy atom. The molecule has 2 N–H and O–H groups in total. The summed E-state index contributed by atoms with van der Waals surface area (Å²) in [5.74, 6) is 0.350. The number of nitrogens with zero attached hydrogens (tertiary/aromatic N) is 1. The lowest BCUT2D eigenvalue weighted by Gasteiger charge is -2.30. The Morgan fingerprint density at radius 3 is 3.14 bits per heavy atom. The number of rotatable bonds is 2. The molecule has 1 aromatic carbocycles. The molecule has 76 valence electrons. The summed E-state index contributed by atoms with van der Waals surface area (Å²) in [6.45, 7) is 2.78. The Balaban J connectivity index is 2.30. The van der Waals surface area contributed by atoms with E-state index < -0.39 is 0 Å². The van der Waals surface area contributed by atoms with Gasteiger partial charge in [-0.05, 0) is 12.1 Å². The van der Waals surface area contributed by atoms with Crippen molar-refractivity contribution in [3.8, 4) is 5.75 Å². The molecule has 1 aromatic rings. The van der Waals surface area contributed by atoms with Crippen molar-refractivity contribution >= 4 is 5.69 Å². The van der Waals surface area contributed by atoms with E-state index in [1.54, 1.807) is 6.07 Å². The van der Waals surface area contributed by atoms with Crippen LogP contribution >= 0.6 is 0 Å². The van der Waals surface area contributed by atoms with Gasteiger partial charge in [-0.15, -0.1) is 0 Å². The van der Waals surface area contributed by atoms with Gasteiger partial charge in [0, 0.05) is 19.2 Å². The predicted molar refractivity (Wildman–Crippen MR) is 53.2 cm³/mol. The highest BCUT2D eigenvalue weighted by Gasteiger charge is 2.17. The molecule has 1 heterocycles. The molecule has 2 rings (SSSR count). The van der Waals surface area contributed by atoms with E-state index in [1.165, 1.54) is 12.1 Å². The van der Waals surface area contributed by atoms with Gasteiger partial charge in [0.1, 0.15) is 18.2 Å². The summed E-state index contributed by atoms with van der Waals surface area (Å²) in [5, 5.41) is 0. The van der Waals surface area contributed by atoms with Gasteiger partial charge in [0.05, 0.1) is 12.2 Å². The molecule has 0 atom stereocenters. The van der Waals surface area contributed by atoms with Crippen LogP contribution in [0.3, 0.4) is 0 Å². The number of fused-ring (bicyclic) bond motifs is 1. The van der Waals surface area contributed by atoms with Crippen LogP contribution in [-0.4, -0.2) is 26.2 Å². The van der Waals surface area contributed by atoms with Crippen LogP contribution in [0.15, 0.2) is 18.2 Å². The molecule has 3 nitrogen and oxygen atoms in total. The van der Waals surface area contributed by atoms with Gasteiger partial charge in [-0.1, -0.05) is 0 Å². The van der Waals surface area contributed by atoms with Gasteiger partial charge < -0.3 is 15.4 Å². The second-order valence-corrected chi connectivity index (χ2v) is 3.24. The summed E-state index contributed by atoms with van der Waals surface area (Å²) in [6.07, 6.45) is 0. The van der Waals surface area contributed by atoms with Crippen molar-refractivity contribution in [2.24, 2.45) is 5.73 Å². The Bertz CT molecular complexity index is 330. The van der Waals surface area contributed by atoms with E-state index >= 15 is 0 Å². The quantitative estimate of drug-likeness (QED) is 0.766. The maximum absolute atomic E-state index is 12.9. The van der Waals surface area contributed by atoms with Crippen molar-refractivity contribution in [1.29, 1.82) is 0 Å². The molecule has 1 aliphatic heterocycles. The predicted octanol–water partition coefficient (Wildman–Crippen LogP) is 0.983. The zero-order chi connectivity index (χ0) is 9.97. The first-order valence-electron chi connectivity index (χ1n) is 4.68. The van der Waals surface area contributed by atoms with Gasteiger partial charge in [-0.25, -0.2) is 4.39 Å². The number of benzene rings is 1. The van der Waals surface area contributed by atoms with E-state index in [-0.39, 0.29) is 5.82 Å². The number of hydrogen-bond donors (Lipinski definition) is 1. The van der Waals surface area contributed by atoms with Crippen LogP contribution in [0, 0.1) is 5.82 Å². The molecule has 0 unspecified atom stereocenters. The molecule has 0 saturated heterocycles. The number of hydrogen-bond acceptors (Lipinski definition) is 3. The maximum atomic E-state index is 12.9. The van der Waals surface area contributed by atoms with Crippen molar-refractivity contribution in [2.75, 3.05) is 31.1 Å². The average Bonchev–Trinajstić information content (AvgIpc) is 2.18. The smallest absolute Gasteiger partial charge is 0.145 e. The lowest BCUT2D eigenvalue weighted by Crippen LogP contribution is -2.36. The van der Waals surface area contributed by atoms with Crippen LogP contribution in [0.4, 0.5) is 10.1 Å². The normalized spacial score (nSPS) is 14.9. The standard InChI is InChI=1S/C10H13FN2O/c11-8-1-2-9-10(7-8)14-6-5-13(9)4-3-12/h1-2,7H,3-6,12H2. The lowest BCUT2D eigenvalue weighted by molar-refractivity contribution is 0.306. The molecular weight excluding hydrogens is 183 g/mol. The van der Waals surface area contributed by atoms with Gasteiger partial charge in [0.15, 0.2) is 0 Å². The van der Waals surface area contributed by atoms with Crippen LogP contribution in [-0.2, 0) is 0 Å². The van der Waals surface area contributed by atoms with E-state index in [4.69, 9.17) is 10.5 Å². The molecule has 0 saturated carbocycles. The molecular formula is C10H13FN2O. The first-order chi connectivity index (χ1) is 6.81. The fraction of sp³-hybridized carbons (Fsp3) is 0.400. The summed E-state index contributed by atoms with van der Waals surface area (Å²) >= 11 is 0. The molecule has 0 aliphatic carbocycles. The summed E-state index contributed by atoms with van der Waals surface area (Å²) in [7, 11) is 0. The molecule has 0 bridgehead atoms. The highest BCUT2D eigenvalue weighted by atomic mass is 19.1. The number of anilines is 1. The van der Waals surface area contributed by atoms with Crippen LogP contribution in [0.5, 0.6) is 5.75 Å². The third-order valence-corrected chi connectivity index (χ3v) is 2.28. The van der Waals surface area contributed by atoms with Crippen molar-refractivity contribution in [3.63, 3.8) is 0 Å². The molecule has 0 spiro atoms. The molecule has 0 aromatic heterocycles. The van der Waals surface area contributed by atoms with Crippen LogP contribution in [0.25, 0.3) is 0 Å². The molecule has 0 radical (unpaired) electrons. The summed E-state index contributed by atoms with van der Waals surface area (Å²) in [6, 6.07) is 4.59. The number of ether oxygens (including phenoxy) is 1. The SMILES string of the molecule is NCCN1CCOc2cc(F)ccc21. The van der Waals surface area contributed by atoms with Gasteiger partial charge in [-0.2, -0.15) is 0 Å². The van der Waals surface area contributed by atoms with E-state index in [0.717, 1.165) is 18.8 Å². The minimum Gasteiger partial charge on any atom is -0.489 e. The van der Waals surface area contributed by atoms with Crippen LogP contribution < -0.4 is 15.4 Å². The minimum absolute atomic E-state index is 0.265. The fourth-order valence-corrected chi connectivity index (χ4v) is 1.64. The number of halogens is 1. The van der Waals surface area contributed by atoms with Gasteiger partial charge in [0.25, 0.3) is 0 Å². The Hall–Kier alpha value is -1.29. The van der Waals surface area contributed by atoms with Crippen molar-refractivity contribution in [3.05, 3.63) is 24.0 Å². The summed E-state index contributed by atoms with van der Waals surface area (Å²) in [4.78, 5) is 2.11. The highest BCUT2D eigenvalue weighted by molar-refractivity contribution is 5.59. The van der Waals surface area contributed by atoms with Gasteiger partial charge in [-0.3, -0.25) is 0 Å². The minimum atomic E-state index is -0.265. The molecule has 0 amide bonds. The van der Waals surface area contributed by atoms with Crippen molar-refractivity contribution in [1.82, 2.24) is 0 Å². The zero-order valence-electron chi connectivity index (χ0n) is 7.87. The molecule has 4 heteroatoms. The molecule has 1 aliphatic rings. The van der Waals surface area contributed by atoms with Gasteiger partial charge >= 0.3 is 0 Å². The van der Waals surface area contributed by atoms with E-state index in [9.17, 15) is 4.39 Å². The average molecular weight is 196 g/mol. The Kier molecular flexibility index (Phi) is 2.54. The second-order valence-electron chi connectivity index (χ2n) is 3.24. The Labute approximate surface area is 82.3 Å². The van der Waals surface area contributed by atoms with E-state index in [1.807, 2.05) is 0 Å². The molecule has 0 fully saturated rings. The van der Waals surface area contributed by atoms with E-state index in [2.05, 4.69) is 4.90 Å². The third kappa shape index (κ3) is 1.65.